The third kappa shape index (κ3) is 3.21. The van der Waals surface area contributed by atoms with Gasteiger partial charge in [-0.05, 0) is 37.2 Å². The number of carbonyl (C=O) groups is 1. The van der Waals surface area contributed by atoms with Gasteiger partial charge in [-0.1, -0.05) is 18.2 Å². The molecule has 0 radical (unpaired) electrons. The molecular formula is C14H16N4OS. The second kappa shape index (κ2) is 5.83. The molecule has 2 aromatic rings. The van der Waals surface area contributed by atoms with E-state index in [1.54, 1.807) is 17.9 Å². The summed E-state index contributed by atoms with van der Waals surface area (Å²) in [6.45, 7) is 3.97. The summed E-state index contributed by atoms with van der Waals surface area (Å²) in [7, 11) is 1.75. The highest BCUT2D eigenvalue weighted by Gasteiger charge is 2.11. The lowest BCUT2D eigenvalue weighted by atomic mass is 10.1. The van der Waals surface area contributed by atoms with Crippen LogP contribution < -0.4 is 10.6 Å². The number of thiocarbonyl (C=S) groups is 1. The maximum absolute atomic E-state index is 11.9. The molecule has 0 spiro atoms. The molecule has 1 aromatic carbocycles. The Bertz CT molecular complexity index is 643. The van der Waals surface area contributed by atoms with Gasteiger partial charge in [-0.2, -0.15) is 5.10 Å². The molecule has 0 aliphatic rings. The van der Waals surface area contributed by atoms with E-state index in [2.05, 4.69) is 15.7 Å². The van der Waals surface area contributed by atoms with Crippen LogP contribution in [0.3, 0.4) is 0 Å². The summed E-state index contributed by atoms with van der Waals surface area (Å²) in [4.78, 5) is 11.9. The molecule has 6 heteroatoms. The standard InChI is InChI=1S/C14H16N4OS/c1-9-5-4-6-10(2)12(9)16-14(20)17-13(19)11-7-15-18(3)8-11/h4-8H,1-3H3,(H2,16,17,19,20). The minimum absolute atomic E-state index is 0.274. The van der Waals surface area contributed by atoms with Gasteiger partial charge in [-0.3, -0.25) is 14.8 Å². The zero-order valence-corrected chi connectivity index (χ0v) is 12.4. The van der Waals surface area contributed by atoms with Crippen molar-refractivity contribution in [1.29, 1.82) is 0 Å². The predicted molar refractivity (Wildman–Crippen MR) is 82.8 cm³/mol. The number of amides is 1. The van der Waals surface area contributed by atoms with Crippen molar-refractivity contribution >= 4 is 28.9 Å². The number of anilines is 1. The van der Waals surface area contributed by atoms with E-state index in [-0.39, 0.29) is 11.0 Å². The molecule has 0 saturated carbocycles. The van der Waals surface area contributed by atoms with Crippen LogP contribution in [0.25, 0.3) is 0 Å². The van der Waals surface area contributed by atoms with Crippen LogP contribution in [-0.2, 0) is 7.05 Å². The number of benzene rings is 1. The van der Waals surface area contributed by atoms with Crippen LogP contribution in [0.4, 0.5) is 5.69 Å². The number of hydrogen-bond acceptors (Lipinski definition) is 3. The fourth-order valence-corrected chi connectivity index (χ4v) is 2.06. The van der Waals surface area contributed by atoms with Crippen molar-refractivity contribution in [2.24, 2.45) is 7.05 Å². The number of rotatable bonds is 2. The fraction of sp³-hybridized carbons (Fsp3) is 0.214. The molecular weight excluding hydrogens is 272 g/mol. The van der Waals surface area contributed by atoms with Crippen LogP contribution in [0.5, 0.6) is 0 Å². The largest absolute Gasteiger partial charge is 0.332 e. The molecule has 1 aromatic heterocycles. The first kappa shape index (κ1) is 14.2. The number of carbonyl (C=O) groups excluding carboxylic acids is 1. The molecule has 0 atom stereocenters. The Morgan fingerprint density at radius 1 is 1.30 bits per heavy atom. The summed E-state index contributed by atoms with van der Waals surface area (Å²) < 4.78 is 1.57. The molecule has 20 heavy (non-hydrogen) atoms. The molecule has 0 aliphatic heterocycles. The molecule has 0 saturated heterocycles. The normalized spacial score (nSPS) is 10.2. The fourth-order valence-electron chi connectivity index (χ4n) is 1.87. The second-order valence-corrected chi connectivity index (χ2v) is 4.99. The van der Waals surface area contributed by atoms with E-state index in [0.717, 1.165) is 16.8 Å². The van der Waals surface area contributed by atoms with Gasteiger partial charge >= 0.3 is 0 Å². The minimum atomic E-state index is -0.276. The highest BCUT2D eigenvalue weighted by molar-refractivity contribution is 7.80. The smallest absolute Gasteiger partial charge is 0.260 e. The minimum Gasteiger partial charge on any atom is -0.332 e. The quantitative estimate of drug-likeness (QED) is 0.832. The molecule has 5 nitrogen and oxygen atoms in total. The topological polar surface area (TPSA) is 58.9 Å². The Balaban J connectivity index is 2.04. The Labute approximate surface area is 123 Å². The van der Waals surface area contributed by atoms with Crippen molar-refractivity contribution in [2.75, 3.05) is 5.32 Å². The van der Waals surface area contributed by atoms with E-state index >= 15 is 0 Å². The Morgan fingerprint density at radius 3 is 2.50 bits per heavy atom. The zero-order chi connectivity index (χ0) is 14.7. The van der Waals surface area contributed by atoms with Crippen LogP contribution in [0.1, 0.15) is 21.5 Å². The lowest BCUT2D eigenvalue weighted by Crippen LogP contribution is -2.34. The van der Waals surface area contributed by atoms with E-state index in [9.17, 15) is 4.79 Å². The molecule has 104 valence electrons. The van der Waals surface area contributed by atoms with Gasteiger partial charge in [0, 0.05) is 18.9 Å². The van der Waals surface area contributed by atoms with Gasteiger partial charge < -0.3 is 5.32 Å². The van der Waals surface area contributed by atoms with Crippen LogP contribution in [0.15, 0.2) is 30.6 Å². The van der Waals surface area contributed by atoms with Crippen molar-refractivity contribution in [3.05, 3.63) is 47.3 Å². The highest BCUT2D eigenvalue weighted by Crippen LogP contribution is 2.19. The van der Waals surface area contributed by atoms with Crippen molar-refractivity contribution < 1.29 is 4.79 Å². The summed E-state index contributed by atoms with van der Waals surface area (Å²) in [6, 6.07) is 5.95. The summed E-state index contributed by atoms with van der Waals surface area (Å²) in [6.07, 6.45) is 3.13. The second-order valence-electron chi connectivity index (χ2n) is 4.58. The van der Waals surface area contributed by atoms with Crippen LogP contribution in [0, 0.1) is 13.8 Å². The number of aromatic nitrogens is 2. The average molecular weight is 288 g/mol. The SMILES string of the molecule is Cc1cccc(C)c1NC(=S)NC(=O)c1cnn(C)c1. The van der Waals surface area contributed by atoms with Crippen LogP contribution in [-0.4, -0.2) is 20.8 Å². The van der Waals surface area contributed by atoms with Gasteiger partial charge in [0.2, 0.25) is 0 Å². The van der Waals surface area contributed by atoms with Crippen molar-refractivity contribution in [3.63, 3.8) is 0 Å². The summed E-state index contributed by atoms with van der Waals surface area (Å²) in [5, 5.41) is 9.92. The Kier molecular flexibility index (Phi) is 4.14. The third-order valence-electron chi connectivity index (χ3n) is 2.91. The Hall–Kier alpha value is -2.21. The molecule has 0 aliphatic carbocycles. The monoisotopic (exact) mass is 288 g/mol. The summed E-state index contributed by atoms with van der Waals surface area (Å²) in [5.74, 6) is -0.276. The molecule has 2 rings (SSSR count). The highest BCUT2D eigenvalue weighted by atomic mass is 32.1. The molecule has 2 N–H and O–H groups in total. The average Bonchev–Trinajstić information content (AvgIpc) is 2.81. The zero-order valence-electron chi connectivity index (χ0n) is 11.6. The van der Waals surface area contributed by atoms with Gasteiger partial charge in [0.1, 0.15) is 0 Å². The van der Waals surface area contributed by atoms with Gasteiger partial charge in [-0.15, -0.1) is 0 Å². The summed E-state index contributed by atoms with van der Waals surface area (Å²) >= 11 is 5.17. The van der Waals surface area contributed by atoms with E-state index in [4.69, 9.17) is 12.2 Å². The van der Waals surface area contributed by atoms with Crippen molar-refractivity contribution in [3.8, 4) is 0 Å². The lowest BCUT2D eigenvalue weighted by Gasteiger charge is -2.13. The number of nitrogens with zero attached hydrogens (tertiary/aromatic N) is 2. The first-order valence-electron chi connectivity index (χ1n) is 6.14. The molecule has 0 fully saturated rings. The van der Waals surface area contributed by atoms with E-state index in [0.29, 0.717) is 5.56 Å². The molecule has 0 bridgehead atoms. The Morgan fingerprint density at radius 2 is 1.95 bits per heavy atom. The van der Waals surface area contributed by atoms with Crippen molar-refractivity contribution in [2.45, 2.75) is 13.8 Å². The number of hydrogen-bond donors (Lipinski definition) is 2. The van der Waals surface area contributed by atoms with Gasteiger partial charge in [-0.25, -0.2) is 0 Å². The van der Waals surface area contributed by atoms with Crippen LogP contribution in [0.2, 0.25) is 0 Å². The van der Waals surface area contributed by atoms with Crippen LogP contribution >= 0.6 is 12.2 Å². The predicted octanol–water partition coefficient (Wildman–Crippen LogP) is 2.16. The number of nitrogens with one attached hydrogen (secondary N) is 2. The maximum atomic E-state index is 11.9. The van der Waals surface area contributed by atoms with Gasteiger partial charge in [0.05, 0.1) is 11.8 Å². The summed E-state index contributed by atoms with van der Waals surface area (Å²) in [5.41, 5.74) is 3.54. The van der Waals surface area contributed by atoms with Gasteiger partial charge in [0.25, 0.3) is 5.91 Å². The lowest BCUT2D eigenvalue weighted by molar-refractivity contribution is 0.0977. The first-order chi connectivity index (χ1) is 9.47. The third-order valence-corrected chi connectivity index (χ3v) is 3.12. The van der Waals surface area contributed by atoms with Crippen molar-refractivity contribution in [1.82, 2.24) is 15.1 Å². The first-order valence-corrected chi connectivity index (χ1v) is 6.55. The van der Waals surface area contributed by atoms with Gasteiger partial charge in [0.15, 0.2) is 5.11 Å². The molecule has 1 heterocycles. The van der Waals surface area contributed by atoms with E-state index in [1.807, 2.05) is 32.0 Å². The number of para-hydroxylation sites is 1. The van der Waals surface area contributed by atoms with E-state index < -0.39 is 0 Å². The molecule has 1 amide bonds. The molecule has 0 unspecified atom stereocenters. The maximum Gasteiger partial charge on any atom is 0.260 e. The van der Waals surface area contributed by atoms with E-state index in [1.165, 1.54) is 6.20 Å². The number of aryl methyl sites for hydroxylation is 3.